The third-order valence-corrected chi connectivity index (χ3v) is 4.71. The lowest BCUT2D eigenvalue weighted by molar-refractivity contribution is -0.138. The molecular formula is C19H24N4O2. The summed E-state index contributed by atoms with van der Waals surface area (Å²) in [7, 11) is 1.89. The van der Waals surface area contributed by atoms with Crippen molar-refractivity contribution < 1.29 is 9.59 Å². The third kappa shape index (κ3) is 4.26. The summed E-state index contributed by atoms with van der Waals surface area (Å²) in [5.74, 6) is 0.219. The summed E-state index contributed by atoms with van der Waals surface area (Å²) in [5.41, 5.74) is 3.13. The quantitative estimate of drug-likeness (QED) is 0.840. The number of amides is 2. The second-order valence-corrected chi connectivity index (χ2v) is 6.60. The van der Waals surface area contributed by atoms with Gasteiger partial charge in [-0.05, 0) is 12.5 Å². The summed E-state index contributed by atoms with van der Waals surface area (Å²) < 4.78 is 1.86. The van der Waals surface area contributed by atoms with Gasteiger partial charge >= 0.3 is 0 Å². The maximum atomic E-state index is 12.4. The number of carbonyl (C=O) groups excluding carboxylic acids is 2. The molecule has 3 rings (SSSR count). The SMILES string of the molecule is Cc1ccc(CC(=O)N2CCN(C(=O)Cc3cncn3C)CC2)cc1. The molecule has 0 bridgehead atoms. The van der Waals surface area contributed by atoms with Crippen LogP contribution in [0.4, 0.5) is 0 Å². The zero-order valence-corrected chi connectivity index (χ0v) is 14.8. The Bertz CT molecular complexity index is 743. The number of rotatable bonds is 4. The van der Waals surface area contributed by atoms with E-state index in [4.69, 9.17) is 0 Å². The van der Waals surface area contributed by atoms with Crippen molar-refractivity contribution in [2.45, 2.75) is 19.8 Å². The molecule has 1 aliphatic rings. The van der Waals surface area contributed by atoms with Crippen molar-refractivity contribution in [1.82, 2.24) is 19.4 Å². The Morgan fingerprint density at radius 2 is 1.52 bits per heavy atom. The molecule has 2 heterocycles. The van der Waals surface area contributed by atoms with E-state index in [9.17, 15) is 9.59 Å². The standard InChI is InChI=1S/C19H24N4O2/c1-15-3-5-16(6-4-15)11-18(24)22-7-9-23(10-8-22)19(25)12-17-13-20-14-21(17)2/h3-6,13-14H,7-12H2,1-2H3. The van der Waals surface area contributed by atoms with E-state index in [0.717, 1.165) is 11.3 Å². The molecule has 1 saturated heterocycles. The zero-order chi connectivity index (χ0) is 17.8. The lowest BCUT2D eigenvalue weighted by Crippen LogP contribution is -2.51. The fraction of sp³-hybridized carbons (Fsp3) is 0.421. The molecule has 0 spiro atoms. The van der Waals surface area contributed by atoms with Crippen molar-refractivity contribution in [2.75, 3.05) is 26.2 Å². The molecule has 2 aromatic rings. The van der Waals surface area contributed by atoms with Crippen molar-refractivity contribution in [1.29, 1.82) is 0 Å². The summed E-state index contributed by atoms with van der Waals surface area (Å²) >= 11 is 0. The van der Waals surface area contributed by atoms with Crippen LogP contribution in [-0.4, -0.2) is 57.3 Å². The van der Waals surface area contributed by atoms with Gasteiger partial charge < -0.3 is 14.4 Å². The molecule has 25 heavy (non-hydrogen) atoms. The fourth-order valence-corrected chi connectivity index (χ4v) is 3.02. The Labute approximate surface area is 148 Å². The summed E-state index contributed by atoms with van der Waals surface area (Å²) in [5, 5.41) is 0. The van der Waals surface area contributed by atoms with Crippen molar-refractivity contribution in [2.24, 2.45) is 7.05 Å². The average Bonchev–Trinajstić information content (AvgIpc) is 3.02. The topological polar surface area (TPSA) is 58.4 Å². The van der Waals surface area contributed by atoms with Gasteiger partial charge in [0.15, 0.2) is 0 Å². The highest BCUT2D eigenvalue weighted by atomic mass is 16.2. The Hall–Kier alpha value is -2.63. The van der Waals surface area contributed by atoms with Crippen LogP contribution < -0.4 is 0 Å². The Kier molecular flexibility index (Phi) is 5.16. The predicted molar refractivity (Wildman–Crippen MR) is 95.0 cm³/mol. The highest BCUT2D eigenvalue weighted by Gasteiger charge is 2.24. The van der Waals surface area contributed by atoms with E-state index in [1.807, 2.05) is 52.6 Å². The normalized spacial score (nSPS) is 14.6. The van der Waals surface area contributed by atoms with Gasteiger partial charge in [0, 0.05) is 45.1 Å². The lowest BCUT2D eigenvalue weighted by atomic mass is 10.1. The smallest absolute Gasteiger partial charge is 0.228 e. The van der Waals surface area contributed by atoms with E-state index in [0.29, 0.717) is 39.0 Å². The van der Waals surface area contributed by atoms with Gasteiger partial charge in [-0.15, -0.1) is 0 Å². The average molecular weight is 340 g/mol. The minimum absolute atomic E-state index is 0.0919. The van der Waals surface area contributed by atoms with E-state index in [2.05, 4.69) is 4.98 Å². The molecule has 132 valence electrons. The third-order valence-electron chi connectivity index (χ3n) is 4.71. The van der Waals surface area contributed by atoms with Gasteiger partial charge in [-0.2, -0.15) is 0 Å². The van der Waals surface area contributed by atoms with Crippen LogP contribution in [0.15, 0.2) is 36.8 Å². The van der Waals surface area contributed by atoms with Crippen LogP contribution in [0.25, 0.3) is 0 Å². The van der Waals surface area contributed by atoms with Gasteiger partial charge in [0.1, 0.15) is 0 Å². The van der Waals surface area contributed by atoms with E-state index in [-0.39, 0.29) is 11.8 Å². The summed E-state index contributed by atoms with van der Waals surface area (Å²) in [6, 6.07) is 8.05. The van der Waals surface area contributed by atoms with Gasteiger partial charge in [0.25, 0.3) is 0 Å². The number of hydrogen-bond donors (Lipinski definition) is 0. The van der Waals surface area contributed by atoms with Crippen molar-refractivity contribution in [3.05, 3.63) is 53.6 Å². The van der Waals surface area contributed by atoms with Crippen LogP contribution in [0, 0.1) is 6.92 Å². The van der Waals surface area contributed by atoms with Crippen molar-refractivity contribution >= 4 is 11.8 Å². The molecule has 2 amide bonds. The number of nitrogens with zero attached hydrogens (tertiary/aromatic N) is 4. The maximum Gasteiger partial charge on any atom is 0.228 e. The zero-order valence-electron chi connectivity index (χ0n) is 14.8. The molecule has 0 aliphatic carbocycles. The van der Waals surface area contributed by atoms with E-state index < -0.39 is 0 Å². The molecule has 1 aromatic heterocycles. The number of carbonyl (C=O) groups is 2. The van der Waals surface area contributed by atoms with E-state index in [1.54, 1.807) is 12.5 Å². The summed E-state index contributed by atoms with van der Waals surface area (Å²) in [6.45, 7) is 4.42. The highest BCUT2D eigenvalue weighted by molar-refractivity contribution is 5.80. The van der Waals surface area contributed by atoms with Crippen molar-refractivity contribution in [3.63, 3.8) is 0 Å². The molecule has 6 nitrogen and oxygen atoms in total. The monoisotopic (exact) mass is 340 g/mol. The minimum Gasteiger partial charge on any atom is -0.339 e. The molecule has 1 fully saturated rings. The summed E-state index contributed by atoms with van der Waals surface area (Å²) in [6.07, 6.45) is 4.20. The van der Waals surface area contributed by atoms with Gasteiger partial charge in [-0.3, -0.25) is 9.59 Å². The van der Waals surface area contributed by atoms with Crippen LogP contribution in [0.2, 0.25) is 0 Å². The molecule has 6 heteroatoms. The molecule has 0 atom stereocenters. The fourth-order valence-electron chi connectivity index (χ4n) is 3.02. The van der Waals surface area contributed by atoms with Crippen LogP contribution in [0.3, 0.4) is 0 Å². The molecule has 1 aromatic carbocycles. The maximum absolute atomic E-state index is 12.4. The number of piperazine rings is 1. The van der Waals surface area contributed by atoms with Gasteiger partial charge in [0.2, 0.25) is 11.8 Å². The highest BCUT2D eigenvalue weighted by Crippen LogP contribution is 2.10. The predicted octanol–water partition coefficient (Wildman–Crippen LogP) is 1.18. The number of hydrogen-bond acceptors (Lipinski definition) is 3. The second-order valence-electron chi connectivity index (χ2n) is 6.60. The number of imidazole rings is 1. The molecule has 0 unspecified atom stereocenters. The van der Waals surface area contributed by atoms with E-state index in [1.165, 1.54) is 5.56 Å². The van der Waals surface area contributed by atoms with E-state index >= 15 is 0 Å². The lowest BCUT2D eigenvalue weighted by Gasteiger charge is -2.35. The van der Waals surface area contributed by atoms with Crippen molar-refractivity contribution in [3.8, 4) is 0 Å². The first-order chi connectivity index (χ1) is 12.0. The molecule has 0 saturated carbocycles. The number of aromatic nitrogens is 2. The largest absolute Gasteiger partial charge is 0.339 e. The van der Waals surface area contributed by atoms with Gasteiger partial charge in [-0.25, -0.2) is 4.98 Å². The Morgan fingerprint density at radius 3 is 2.04 bits per heavy atom. The number of aryl methyl sites for hydroxylation is 2. The second kappa shape index (κ2) is 7.51. The first kappa shape index (κ1) is 17.2. The van der Waals surface area contributed by atoms with Crippen LogP contribution in [-0.2, 0) is 29.5 Å². The molecular weight excluding hydrogens is 316 g/mol. The minimum atomic E-state index is 0.0919. The summed E-state index contributed by atoms with van der Waals surface area (Å²) in [4.78, 5) is 32.6. The Balaban J connectivity index is 1.49. The molecule has 0 N–H and O–H groups in total. The molecule has 0 radical (unpaired) electrons. The van der Waals surface area contributed by atoms with Gasteiger partial charge in [0.05, 0.1) is 19.2 Å². The first-order valence-electron chi connectivity index (χ1n) is 8.59. The van der Waals surface area contributed by atoms with Crippen LogP contribution in [0.5, 0.6) is 0 Å². The first-order valence-corrected chi connectivity index (χ1v) is 8.59. The molecule has 1 aliphatic heterocycles. The number of benzene rings is 1. The Morgan fingerprint density at radius 1 is 0.960 bits per heavy atom. The van der Waals surface area contributed by atoms with Crippen LogP contribution >= 0.6 is 0 Å². The van der Waals surface area contributed by atoms with Gasteiger partial charge in [-0.1, -0.05) is 29.8 Å². The van der Waals surface area contributed by atoms with Crippen LogP contribution in [0.1, 0.15) is 16.8 Å².